The van der Waals surface area contributed by atoms with Gasteiger partial charge in [0.15, 0.2) is 0 Å². The van der Waals surface area contributed by atoms with Gasteiger partial charge >= 0.3 is 0 Å². The van der Waals surface area contributed by atoms with Crippen LogP contribution in [0.5, 0.6) is 0 Å². The van der Waals surface area contributed by atoms with Gasteiger partial charge in [-0.2, -0.15) is 0 Å². The fourth-order valence-corrected chi connectivity index (χ4v) is 2.77. The third-order valence-electron chi connectivity index (χ3n) is 3.74. The number of nitrogens with one attached hydrogen (secondary N) is 1. The van der Waals surface area contributed by atoms with Crippen molar-refractivity contribution in [1.82, 2.24) is 0 Å². The summed E-state index contributed by atoms with van der Waals surface area (Å²) in [6, 6.07) is 5.18. The molecule has 0 unspecified atom stereocenters. The van der Waals surface area contributed by atoms with Crippen molar-refractivity contribution < 1.29 is 4.39 Å². The van der Waals surface area contributed by atoms with E-state index in [1.165, 1.54) is 25.3 Å². The Balaban J connectivity index is 1.98. The molecule has 1 aliphatic rings. The van der Waals surface area contributed by atoms with Crippen molar-refractivity contribution in [3.8, 4) is 0 Å². The lowest BCUT2D eigenvalue weighted by Crippen LogP contribution is -2.26. The third kappa shape index (κ3) is 3.12. The molecule has 1 fully saturated rings. The Kier molecular flexibility index (Phi) is 4.27. The molecule has 3 heteroatoms. The lowest BCUT2D eigenvalue weighted by atomic mass is 9.84. The van der Waals surface area contributed by atoms with E-state index >= 15 is 0 Å². The molecule has 1 nitrogen and oxygen atoms in total. The van der Waals surface area contributed by atoms with Gasteiger partial charge in [-0.25, -0.2) is 4.39 Å². The Hall–Kier alpha value is -0.760. The average Bonchev–Trinajstić information content (AvgIpc) is 2.35. The second kappa shape index (κ2) is 5.72. The zero-order chi connectivity index (χ0) is 12.3. The number of rotatable bonds is 3. The summed E-state index contributed by atoms with van der Waals surface area (Å²) in [5.41, 5.74) is 0.467. The average molecular weight is 256 g/mol. The van der Waals surface area contributed by atoms with E-state index in [0.717, 1.165) is 18.8 Å². The first-order valence-electron chi connectivity index (χ1n) is 6.41. The first-order valence-corrected chi connectivity index (χ1v) is 6.79. The van der Waals surface area contributed by atoms with Crippen LogP contribution in [-0.2, 0) is 0 Å². The van der Waals surface area contributed by atoms with Gasteiger partial charge in [-0.15, -0.1) is 0 Å². The van der Waals surface area contributed by atoms with E-state index in [0.29, 0.717) is 16.8 Å². The summed E-state index contributed by atoms with van der Waals surface area (Å²) in [5, 5.41) is 3.73. The Labute approximate surface area is 107 Å². The van der Waals surface area contributed by atoms with Gasteiger partial charge in [0.25, 0.3) is 0 Å². The molecule has 0 saturated heterocycles. The summed E-state index contributed by atoms with van der Waals surface area (Å²) in [7, 11) is 0. The van der Waals surface area contributed by atoms with Crippen LogP contribution in [0, 0.1) is 11.7 Å². The molecule has 1 saturated carbocycles. The number of benzene rings is 1. The van der Waals surface area contributed by atoms with E-state index < -0.39 is 0 Å². The van der Waals surface area contributed by atoms with Gasteiger partial charge in [0.05, 0.1) is 10.7 Å². The van der Waals surface area contributed by atoms with Crippen LogP contribution in [0.1, 0.15) is 39.0 Å². The van der Waals surface area contributed by atoms with E-state index in [1.807, 2.05) is 0 Å². The summed E-state index contributed by atoms with van der Waals surface area (Å²) in [6.07, 6.45) is 5.96. The first kappa shape index (κ1) is 12.7. The molecule has 0 heterocycles. The van der Waals surface area contributed by atoms with Gasteiger partial charge in [-0.3, -0.25) is 0 Å². The molecular weight excluding hydrogens is 237 g/mol. The van der Waals surface area contributed by atoms with Gasteiger partial charge in [0, 0.05) is 6.04 Å². The second-order valence-electron chi connectivity index (χ2n) is 4.87. The van der Waals surface area contributed by atoms with Gasteiger partial charge in [0.1, 0.15) is 5.82 Å². The third-order valence-corrected chi connectivity index (χ3v) is 4.05. The highest BCUT2D eigenvalue weighted by molar-refractivity contribution is 6.33. The maximum atomic E-state index is 13.6. The van der Waals surface area contributed by atoms with Crippen molar-refractivity contribution in [1.29, 1.82) is 0 Å². The Morgan fingerprint density at radius 1 is 1.29 bits per heavy atom. The predicted octanol–water partition coefficient (Wildman–Crippen LogP) is 4.86. The lowest BCUT2D eigenvalue weighted by molar-refractivity contribution is 0.329. The maximum Gasteiger partial charge on any atom is 0.147 e. The largest absolute Gasteiger partial charge is 0.379 e. The number of para-hydroxylation sites is 1. The molecule has 1 aromatic carbocycles. The van der Waals surface area contributed by atoms with Crippen LogP contribution in [0.25, 0.3) is 0 Å². The van der Waals surface area contributed by atoms with E-state index in [9.17, 15) is 4.39 Å². The van der Waals surface area contributed by atoms with E-state index in [1.54, 1.807) is 12.1 Å². The molecule has 1 N–H and O–H groups in total. The van der Waals surface area contributed by atoms with Crippen molar-refractivity contribution in [2.75, 3.05) is 5.32 Å². The van der Waals surface area contributed by atoms with Crippen LogP contribution < -0.4 is 5.32 Å². The first-order chi connectivity index (χ1) is 8.20. The van der Waals surface area contributed by atoms with Crippen LogP contribution in [0.4, 0.5) is 10.1 Å². The Morgan fingerprint density at radius 3 is 2.59 bits per heavy atom. The van der Waals surface area contributed by atoms with Crippen molar-refractivity contribution >= 4 is 17.3 Å². The molecule has 0 atom stereocenters. The van der Waals surface area contributed by atoms with Crippen LogP contribution >= 0.6 is 11.6 Å². The summed E-state index contributed by atoms with van der Waals surface area (Å²) in [6.45, 7) is 2.24. The lowest BCUT2D eigenvalue weighted by Gasteiger charge is -2.29. The molecule has 1 aliphatic carbocycles. The molecule has 94 valence electrons. The minimum Gasteiger partial charge on any atom is -0.379 e. The smallest absolute Gasteiger partial charge is 0.147 e. The quantitative estimate of drug-likeness (QED) is 0.813. The fraction of sp³-hybridized carbons (Fsp3) is 0.571. The Bertz CT molecular complexity index is 352. The highest BCUT2D eigenvalue weighted by Crippen LogP contribution is 2.31. The zero-order valence-corrected chi connectivity index (χ0v) is 10.9. The van der Waals surface area contributed by atoms with Gasteiger partial charge in [-0.1, -0.05) is 31.0 Å². The molecule has 17 heavy (non-hydrogen) atoms. The van der Waals surface area contributed by atoms with Gasteiger partial charge in [0.2, 0.25) is 0 Å². The van der Waals surface area contributed by atoms with Crippen molar-refractivity contribution in [2.24, 2.45) is 5.92 Å². The summed E-state index contributed by atoms with van der Waals surface area (Å²) >= 11 is 6.00. The molecule has 0 bridgehead atoms. The highest BCUT2D eigenvalue weighted by Gasteiger charge is 2.21. The van der Waals surface area contributed by atoms with Gasteiger partial charge in [-0.05, 0) is 43.7 Å². The normalized spacial score (nSPS) is 24.6. The maximum absolute atomic E-state index is 13.6. The molecule has 0 amide bonds. The van der Waals surface area contributed by atoms with Crippen LogP contribution in [0.2, 0.25) is 5.02 Å². The fourth-order valence-electron chi connectivity index (χ4n) is 2.55. The number of hydrogen-bond donors (Lipinski definition) is 1. The molecule has 0 radical (unpaired) electrons. The summed E-state index contributed by atoms with van der Waals surface area (Å²) in [4.78, 5) is 0. The number of anilines is 1. The van der Waals surface area contributed by atoms with Crippen LogP contribution in [0.15, 0.2) is 18.2 Å². The molecule has 1 aromatic rings. The Morgan fingerprint density at radius 2 is 2.00 bits per heavy atom. The minimum absolute atomic E-state index is 0.255. The minimum atomic E-state index is -0.255. The second-order valence-corrected chi connectivity index (χ2v) is 5.27. The summed E-state index contributed by atoms with van der Waals surface area (Å²) < 4.78 is 13.6. The predicted molar refractivity (Wildman–Crippen MR) is 71.1 cm³/mol. The van der Waals surface area contributed by atoms with Crippen LogP contribution in [-0.4, -0.2) is 6.04 Å². The molecule has 0 spiro atoms. The topological polar surface area (TPSA) is 12.0 Å². The van der Waals surface area contributed by atoms with Crippen molar-refractivity contribution in [3.63, 3.8) is 0 Å². The molecular formula is C14H19ClFN. The van der Waals surface area contributed by atoms with Crippen LogP contribution in [0.3, 0.4) is 0 Å². The zero-order valence-electron chi connectivity index (χ0n) is 10.2. The number of hydrogen-bond acceptors (Lipinski definition) is 1. The van der Waals surface area contributed by atoms with Gasteiger partial charge < -0.3 is 5.32 Å². The summed E-state index contributed by atoms with van der Waals surface area (Å²) in [5.74, 6) is 0.597. The standard InChI is InChI=1S/C14H19ClFN/c1-2-10-6-8-11(9-7-10)17-14-12(15)4-3-5-13(14)16/h3-5,10-11,17H,2,6-9H2,1H3. The van der Waals surface area contributed by atoms with Crippen molar-refractivity contribution in [2.45, 2.75) is 45.1 Å². The van der Waals surface area contributed by atoms with E-state index in [4.69, 9.17) is 11.6 Å². The van der Waals surface area contributed by atoms with Crippen molar-refractivity contribution in [3.05, 3.63) is 29.0 Å². The monoisotopic (exact) mass is 255 g/mol. The molecule has 0 aromatic heterocycles. The number of halogens is 2. The molecule has 2 rings (SSSR count). The van der Waals surface area contributed by atoms with E-state index in [-0.39, 0.29) is 5.82 Å². The van der Waals surface area contributed by atoms with E-state index in [2.05, 4.69) is 12.2 Å². The SMILES string of the molecule is CCC1CCC(Nc2c(F)cccc2Cl)CC1. The molecule has 0 aliphatic heterocycles. The highest BCUT2D eigenvalue weighted by atomic mass is 35.5.